The number of rotatable bonds is 3. The monoisotopic (exact) mass is 245 g/mol. The van der Waals surface area contributed by atoms with Gasteiger partial charge in [0, 0.05) is 13.1 Å². The summed E-state index contributed by atoms with van der Waals surface area (Å²) in [4.78, 5) is 12.0. The fourth-order valence-electron chi connectivity index (χ4n) is 1.41. The molecule has 0 aliphatic carbocycles. The van der Waals surface area contributed by atoms with E-state index in [0.717, 1.165) is 11.0 Å². The van der Waals surface area contributed by atoms with Gasteiger partial charge >= 0.3 is 12.2 Å². The van der Waals surface area contributed by atoms with Crippen LogP contribution >= 0.6 is 0 Å². The van der Waals surface area contributed by atoms with Gasteiger partial charge < -0.3 is 10.6 Å². The van der Waals surface area contributed by atoms with E-state index in [1.807, 2.05) is 0 Å². The lowest BCUT2D eigenvalue weighted by Crippen LogP contribution is -2.35. The minimum atomic E-state index is -4.44. The molecule has 0 aliphatic heterocycles. The average Bonchev–Trinajstić information content (AvgIpc) is 2.24. The van der Waals surface area contributed by atoms with E-state index in [1.165, 1.54) is 18.2 Å². The first-order valence-electron chi connectivity index (χ1n) is 4.85. The average molecular weight is 245 g/mol. The Labute approximate surface area is 97.0 Å². The third-order valence-corrected chi connectivity index (χ3v) is 2.27. The predicted molar refractivity (Wildman–Crippen MR) is 56.8 cm³/mol. The molecular formula is C11H12F3N2O. The molecule has 0 spiro atoms. The van der Waals surface area contributed by atoms with Crippen molar-refractivity contribution in [3.63, 3.8) is 0 Å². The quantitative estimate of drug-likeness (QED) is 0.873. The van der Waals surface area contributed by atoms with Gasteiger partial charge in [-0.2, -0.15) is 13.2 Å². The standard InChI is InChI=1S/C11H12F3N2O/c1-2-16(10(15)17)7-8-5-3-4-6-9(8)11(12,13)14/h3-6H,1-2,7H2,(H2,15,17). The summed E-state index contributed by atoms with van der Waals surface area (Å²) in [7, 11) is 0. The van der Waals surface area contributed by atoms with Crippen molar-refractivity contribution in [2.24, 2.45) is 5.73 Å². The highest BCUT2D eigenvalue weighted by atomic mass is 19.4. The molecule has 0 unspecified atom stereocenters. The van der Waals surface area contributed by atoms with E-state index in [4.69, 9.17) is 5.73 Å². The summed E-state index contributed by atoms with van der Waals surface area (Å²) < 4.78 is 38.0. The topological polar surface area (TPSA) is 46.3 Å². The maximum Gasteiger partial charge on any atom is 0.416 e. The van der Waals surface area contributed by atoms with Gasteiger partial charge in [-0.3, -0.25) is 0 Å². The number of hydrogen-bond acceptors (Lipinski definition) is 1. The SMILES string of the molecule is [CH2]CN(Cc1ccccc1C(F)(F)F)C(N)=O. The predicted octanol–water partition coefficient (Wildman–Crippen LogP) is 2.42. The molecule has 1 aromatic carbocycles. The van der Waals surface area contributed by atoms with Crippen molar-refractivity contribution >= 4 is 6.03 Å². The van der Waals surface area contributed by atoms with Crippen molar-refractivity contribution in [3.05, 3.63) is 42.3 Å². The van der Waals surface area contributed by atoms with Gasteiger partial charge in [-0.25, -0.2) is 4.79 Å². The van der Waals surface area contributed by atoms with Crippen LogP contribution in [-0.2, 0) is 12.7 Å². The minimum Gasteiger partial charge on any atom is -0.351 e. The second-order valence-corrected chi connectivity index (χ2v) is 3.41. The molecule has 17 heavy (non-hydrogen) atoms. The maximum absolute atomic E-state index is 12.7. The van der Waals surface area contributed by atoms with Gasteiger partial charge in [0.15, 0.2) is 0 Å². The zero-order valence-electron chi connectivity index (χ0n) is 9.00. The number of nitrogens with zero attached hydrogens (tertiary/aromatic N) is 1. The molecule has 0 saturated heterocycles. The smallest absolute Gasteiger partial charge is 0.351 e. The first-order valence-corrected chi connectivity index (χ1v) is 4.85. The molecule has 0 atom stereocenters. The van der Waals surface area contributed by atoms with Crippen LogP contribution in [0.1, 0.15) is 11.1 Å². The fraction of sp³-hybridized carbons (Fsp3) is 0.273. The highest BCUT2D eigenvalue weighted by molar-refractivity contribution is 5.72. The molecule has 6 heteroatoms. The van der Waals surface area contributed by atoms with Crippen LogP contribution in [0.15, 0.2) is 24.3 Å². The zero-order valence-corrected chi connectivity index (χ0v) is 9.00. The van der Waals surface area contributed by atoms with Gasteiger partial charge in [-0.15, -0.1) is 0 Å². The van der Waals surface area contributed by atoms with Crippen LogP contribution in [0.2, 0.25) is 0 Å². The van der Waals surface area contributed by atoms with Gasteiger partial charge in [-0.05, 0) is 18.6 Å². The van der Waals surface area contributed by atoms with E-state index in [9.17, 15) is 18.0 Å². The lowest BCUT2D eigenvalue weighted by molar-refractivity contribution is -0.138. The number of primary amides is 1. The Hall–Kier alpha value is -1.72. The first kappa shape index (κ1) is 13.3. The first-order chi connectivity index (χ1) is 7.86. The fourth-order valence-corrected chi connectivity index (χ4v) is 1.41. The van der Waals surface area contributed by atoms with Crippen molar-refractivity contribution in [1.29, 1.82) is 0 Å². The summed E-state index contributed by atoms with van der Waals surface area (Å²) in [5, 5.41) is 0. The number of hydrogen-bond donors (Lipinski definition) is 1. The molecule has 93 valence electrons. The molecule has 1 aromatic rings. The van der Waals surface area contributed by atoms with Crippen LogP contribution in [0.25, 0.3) is 0 Å². The van der Waals surface area contributed by atoms with Crippen LogP contribution in [-0.4, -0.2) is 17.5 Å². The molecule has 1 rings (SSSR count). The Morgan fingerprint density at radius 2 is 1.94 bits per heavy atom. The molecule has 3 nitrogen and oxygen atoms in total. The zero-order chi connectivity index (χ0) is 13.1. The van der Waals surface area contributed by atoms with Crippen LogP contribution in [0.5, 0.6) is 0 Å². The number of nitrogens with two attached hydrogens (primary N) is 1. The number of carbonyl (C=O) groups excluding carboxylic acids is 1. The molecule has 1 radical (unpaired) electrons. The lowest BCUT2D eigenvalue weighted by atomic mass is 10.1. The van der Waals surface area contributed by atoms with E-state index in [2.05, 4.69) is 6.92 Å². The molecule has 0 saturated carbocycles. The summed E-state index contributed by atoms with van der Waals surface area (Å²) in [5.74, 6) is 0. The van der Waals surface area contributed by atoms with Crippen LogP contribution < -0.4 is 5.73 Å². The van der Waals surface area contributed by atoms with E-state index in [0.29, 0.717) is 0 Å². The minimum absolute atomic E-state index is 0.00227. The number of halogens is 3. The Kier molecular flexibility index (Phi) is 3.98. The van der Waals surface area contributed by atoms with E-state index < -0.39 is 17.8 Å². The second kappa shape index (κ2) is 5.07. The Morgan fingerprint density at radius 1 is 1.35 bits per heavy atom. The Balaban J connectivity index is 3.02. The van der Waals surface area contributed by atoms with E-state index in [-0.39, 0.29) is 18.7 Å². The third-order valence-electron chi connectivity index (χ3n) is 2.27. The summed E-state index contributed by atoms with van der Waals surface area (Å²) in [6.07, 6.45) is -4.44. The second-order valence-electron chi connectivity index (χ2n) is 3.41. The Morgan fingerprint density at radius 3 is 2.41 bits per heavy atom. The molecule has 0 aromatic heterocycles. The summed E-state index contributed by atoms with van der Waals surface area (Å²) in [5.41, 5.74) is 4.26. The lowest BCUT2D eigenvalue weighted by Gasteiger charge is -2.20. The molecule has 0 aliphatic rings. The summed E-state index contributed by atoms with van der Waals surface area (Å²) in [6, 6.07) is 4.27. The van der Waals surface area contributed by atoms with E-state index >= 15 is 0 Å². The molecule has 2 N–H and O–H groups in total. The van der Waals surface area contributed by atoms with Gasteiger partial charge in [-0.1, -0.05) is 18.2 Å². The number of carbonyl (C=O) groups is 1. The Bertz CT molecular complexity index is 404. The maximum atomic E-state index is 12.7. The van der Waals surface area contributed by atoms with Gasteiger partial charge in [0.25, 0.3) is 0 Å². The van der Waals surface area contributed by atoms with Crippen molar-refractivity contribution in [2.75, 3.05) is 6.54 Å². The largest absolute Gasteiger partial charge is 0.416 e. The number of urea groups is 1. The molecule has 0 fully saturated rings. The molecule has 0 heterocycles. The summed E-state index contributed by atoms with van der Waals surface area (Å²) in [6.45, 7) is 3.25. The van der Waals surface area contributed by atoms with Crippen LogP contribution in [0.3, 0.4) is 0 Å². The van der Waals surface area contributed by atoms with Crippen molar-refractivity contribution in [2.45, 2.75) is 12.7 Å². The number of benzene rings is 1. The van der Waals surface area contributed by atoms with Crippen LogP contribution in [0.4, 0.5) is 18.0 Å². The highest BCUT2D eigenvalue weighted by Gasteiger charge is 2.33. The number of alkyl halides is 3. The van der Waals surface area contributed by atoms with Crippen molar-refractivity contribution in [3.8, 4) is 0 Å². The van der Waals surface area contributed by atoms with Gasteiger partial charge in [0.05, 0.1) is 5.56 Å². The van der Waals surface area contributed by atoms with Crippen molar-refractivity contribution in [1.82, 2.24) is 4.90 Å². The third kappa shape index (κ3) is 3.37. The normalized spacial score (nSPS) is 11.3. The summed E-state index contributed by atoms with van der Waals surface area (Å²) >= 11 is 0. The van der Waals surface area contributed by atoms with Crippen molar-refractivity contribution < 1.29 is 18.0 Å². The highest BCUT2D eigenvalue weighted by Crippen LogP contribution is 2.32. The van der Waals surface area contributed by atoms with Crippen LogP contribution in [0, 0.1) is 6.92 Å². The van der Waals surface area contributed by atoms with Gasteiger partial charge in [0.2, 0.25) is 0 Å². The van der Waals surface area contributed by atoms with Gasteiger partial charge in [0.1, 0.15) is 0 Å². The molecule has 0 bridgehead atoms. The van der Waals surface area contributed by atoms with E-state index in [1.54, 1.807) is 0 Å². The molecular weight excluding hydrogens is 233 g/mol. The number of amides is 2. The molecule has 2 amide bonds.